The second-order valence-electron chi connectivity index (χ2n) is 6.20. The van der Waals surface area contributed by atoms with Gasteiger partial charge in [0.15, 0.2) is 5.78 Å². The number of thiophene rings is 1. The van der Waals surface area contributed by atoms with Crippen LogP contribution in [0.4, 0.5) is 0 Å². The lowest BCUT2D eigenvalue weighted by molar-refractivity contribution is -0.149. The molecule has 1 amide bonds. The lowest BCUT2D eigenvalue weighted by Crippen LogP contribution is -2.43. The molecular weight excluding hydrogens is 326 g/mol. The number of Topliss-reactive ketones (excluding diaryl/α,β-unsaturated/α-hetero) is 1. The van der Waals surface area contributed by atoms with E-state index in [0.717, 1.165) is 10.1 Å². The zero-order valence-corrected chi connectivity index (χ0v) is 14.2. The fourth-order valence-electron chi connectivity index (χ4n) is 3.16. The van der Waals surface area contributed by atoms with Crippen molar-refractivity contribution in [3.63, 3.8) is 0 Å². The Morgan fingerprint density at radius 1 is 1.33 bits per heavy atom. The number of carboxylic acid groups (broad SMARTS) is 1. The third kappa shape index (κ3) is 3.19. The van der Waals surface area contributed by atoms with Gasteiger partial charge in [-0.15, -0.1) is 11.3 Å². The second-order valence-corrected chi connectivity index (χ2v) is 7.29. The van der Waals surface area contributed by atoms with Gasteiger partial charge in [0.05, 0.1) is 4.88 Å². The van der Waals surface area contributed by atoms with Crippen LogP contribution in [-0.4, -0.2) is 40.3 Å². The first-order valence-electron chi connectivity index (χ1n) is 8.02. The van der Waals surface area contributed by atoms with E-state index in [1.807, 2.05) is 30.3 Å². The Hall–Kier alpha value is -2.21. The van der Waals surface area contributed by atoms with Gasteiger partial charge in [-0.1, -0.05) is 25.1 Å². The van der Waals surface area contributed by atoms with E-state index in [9.17, 15) is 19.5 Å². The van der Waals surface area contributed by atoms with E-state index in [1.54, 1.807) is 6.92 Å². The van der Waals surface area contributed by atoms with Crippen LogP contribution in [-0.2, 0) is 9.59 Å². The first-order chi connectivity index (χ1) is 11.5. The van der Waals surface area contributed by atoms with Crippen LogP contribution < -0.4 is 0 Å². The number of aliphatic carboxylic acids is 1. The number of hydrogen-bond donors (Lipinski definition) is 1. The number of carbonyl (C=O) groups excluding carboxylic acids is 2. The molecule has 1 unspecified atom stereocenters. The fraction of sp³-hybridized carbons (Fsp3) is 0.389. The molecule has 1 N–H and O–H groups in total. The highest BCUT2D eigenvalue weighted by Crippen LogP contribution is 2.28. The van der Waals surface area contributed by atoms with Gasteiger partial charge in [0.2, 0.25) is 5.91 Å². The van der Waals surface area contributed by atoms with E-state index in [4.69, 9.17) is 0 Å². The van der Waals surface area contributed by atoms with Crippen molar-refractivity contribution in [2.75, 3.05) is 6.54 Å². The van der Waals surface area contributed by atoms with Crippen LogP contribution in [0.5, 0.6) is 0 Å². The number of amides is 1. The topological polar surface area (TPSA) is 74.7 Å². The molecule has 0 radical (unpaired) electrons. The van der Waals surface area contributed by atoms with Crippen molar-refractivity contribution in [3.05, 3.63) is 35.2 Å². The number of likely N-dealkylation sites (tertiary alicyclic amines) is 1. The van der Waals surface area contributed by atoms with Crippen molar-refractivity contribution in [1.29, 1.82) is 0 Å². The summed E-state index contributed by atoms with van der Waals surface area (Å²) in [6.07, 6.45) is 1.28. The molecule has 6 heteroatoms. The summed E-state index contributed by atoms with van der Waals surface area (Å²) in [4.78, 5) is 38.3. The van der Waals surface area contributed by atoms with Gasteiger partial charge in [0.1, 0.15) is 6.04 Å². The van der Waals surface area contributed by atoms with Crippen molar-refractivity contribution >= 4 is 39.1 Å². The standard InChI is InChI=1S/C18H19NO4S/c1-11(17(21)19-8-4-6-13(19)18(22)23)9-14(20)16-10-12-5-2-3-7-15(12)24-16/h2-3,5,7,10-11,13H,4,6,8-9H2,1H3,(H,22,23)/t11?,13-/m0/s1. The number of ketones is 1. The lowest BCUT2D eigenvalue weighted by Gasteiger charge is -2.24. The number of carboxylic acids is 1. The van der Waals surface area contributed by atoms with E-state index >= 15 is 0 Å². The van der Waals surface area contributed by atoms with Crippen molar-refractivity contribution in [2.24, 2.45) is 5.92 Å². The molecule has 2 heterocycles. The molecule has 1 aromatic heterocycles. The molecule has 1 aliphatic rings. The van der Waals surface area contributed by atoms with Crippen LogP contribution >= 0.6 is 11.3 Å². The third-order valence-electron chi connectivity index (χ3n) is 4.43. The number of fused-ring (bicyclic) bond motifs is 1. The van der Waals surface area contributed by atoms with Gasteiger partial charge < -0.3 is 10.0 Å². The zero-order chi connectivity index (χ0) is 17.3. The van der Waals surface area contributed by atoms with Crippen LogP contribution in [0.25, 0.3) is 10.1 Å². The average Bonchev–Trinajstić information content (AvgIpc) is 3.20. The smallest absolute Gasteiger partial charge is 0.326 e. The van der Waals surface area contributed by atoms with Crippen molar-refractivity contribution in [3.8, 4) is 0 Å². The Labute approximate surface area is 143 Å². The molecule has 2 aromatic rings. The molecule has 2 atom stereocenters. The molecule has 0 saturated carbocycles. The normalized spacial score (nSPS) is 18.7. The zero-order valence-electron chi connectivity index (χ0n) is 13.4. The molecule has 0 aliphatic carbocycles. The molecular formula is C18H19NO4S. The van der Waals surface area contributed by atoms with E-state index in [1.165, 1.54) is 16.2 Å². The first-order valence-corrected chi connectivity index (χ1v) is 8.84. The van der Waals surface area contributed by atoms with Crippen LogP contribution in [0, 0.1) is 5.92 Å². The highest BCUT2D eigenvalue weighted by atomic mass is 32.1. The summed E-state index contributed by atoms with van der Waals surface area (Å²) < 4.78 is 1.05. The quantitative estimate of drug-likeness (QED) is 0.845. The highest BCUT2D eigenvalue weighted by Gasteiger charge is 2.36. The van der Waals surface area contributed by atoms with Crippen LogP contribution in [0.3, 0.4) is 0 Å². The van der Waals surface area contributed by atoms with Crippen LogP contribution in [0.15, 0.2) is 30.3 Å². The van der Waals surface area contributed by atoms with Gasteiger partial charge in [-0.2, -0.15) is 0 Å². The molecule has 0 spiro atoms. The molecule has 3 rings (SSSR count). The van der Waals surface area contributed by atoms with Gasteiger partial charge in [-0.3, -0.25) is 9.59 Å². The van der Waals surface area contributed by atoms with E-state index in [2.05, 4.69) is 0 Å². The maximum absolute atomic E-state index is 12.5. The summed E-state index contributed by atoms with van der Waals surface area (Å²) >= 11 is 1.43. The summed E-state index contributed by atoms with van der Waals surface area (Å²) in [5.41, 5.74) is 0. The Morgan fingerprint density at radius 2 is 2.08 bits per heavy atom. The molecule has 1 aromatic carbocycles. The number of carbonyl (C=O) groups is 3. The van der Waals surface area contributed by atoms with Crippen molar-refractivity contribution < 1.29 is 19.5 Å². The minimum absolute atomic E-state index is 0.0666. The molecule has 0 bridgehead atoms. The Morgan fingerprint density at radius 3 is 2.79 bits per heavy atom. The highest BCUT2D eigenvalue weighted by molar-refractivity contribution is 7.20. The minimum Gasteiger partial charge on any atom is -0.480 e. The second kappa shape index (κ2) is 6.73. The number of rotatable bonds is 5. The Bertz CT molecular complexity index is 764. The molecule has 1 fully saturated rings. The fourth-order valence-corrected chi connectivity index (χ4v) is 4.17. The summed E-state index contributed by atoms with van der Waals surface area (Å²) in [5, 5.41) is 10.2. The predicted molar refractivity (Wildman–Crippen MR) is 92.3 cm³/mol. The largest absolute Gasteiger partial charge is 0.480 e. The molecule has 5 nitrogen and oxygen atoms in total. The van der Waals surface area contributed by atoms with E-state index < -0.39 is 17.9 Å². The maximum Gasteiger partial charge on any atom is 0.326 e. The number of benzene rings is 1. The van der Waals surface area contributed by atoms with Gasteiger partial charge in [-0.05, 0) is 30.4 Å². The number of hydrogen-bond acceptors (Lipinski definition) is 4. The van der Waals surface area contributed by atoms with Crippen molar-refractivity contribution in [2.45, 2.75) is 32.2 Å². The minimum atomic E-state index is -0.969. The number of nitrogens with zero attached hydrogens (tertiary/aromatic N) is 1. The van der Waals surface area contributed by atoms with Crippen LogP contribution in [0.2, 0.25) is 0 Å². The maximum atomic E-state index is 12.5. The molecule has 1 saturated heterocycles. The summed E-state index contributed by atoms with van der Waals surface area (Å²) in [5.74, 6) is -1.79. The lowest BCUT2D eigenvalue weighted by atomic mass is 10.0. The van der Waals surface area contributed by atoms with Gasteiger partial charge in [0.25, 0.3) is 0 Å². The molecule has 1 aliphatic heterocycles. The van der Waals surface area contributed by atoms with Crippen LogP contribution in [0.1, 0.15) is 35.9 Å². The van der Waals surface area contributed by atoms with Crippen molar-refractivity contribution in [1.82, 2.24) is 4.90 Å². The summed E-state index contributed by atoms with van der Waals surface area (Å²) in [6.45, 7) is 2.15. The summed E-state index contributed by atoms with van der Waals surface area (Å²) in [6, 6.07) is 8.88. The first kappa shape index (κ1) is 16.6. The summed E-state index contributed by atoms with van der Waals surface area (Å²) in [7, 11) is 0. The van der Waals surface area contributed by atoms with Gasteiger partial charge in [0, 0.05) is 23.6 Å². The molecule has 126 valence electrons. The van der Waals surface area contributed by atoms with E-state index in [-0.39, 0.29) is 18.1 Å². The predicted octanol–water partition coefficient (Wildman–Crippen LogP) is 3.19. The van der Waals surface area contributed by atoms with Gasteiger partial charge in [-0.25, -0.2) is 4.79 Å². The Balaban J connectivity index is 1.69. The average molecular weight is 345 g/mol. The van der Waals surface area contributed by atoms with E-state index in [0.29, 0.717) is 24.3 Å². The SMILES string of the molecule is CC(CC(=O)c1cc2ccccc2s1)C(=O)N1CCC[C@H]1C(=O)O. The monoisotopic (exact) mass is 345 g/mol. The third-order valence-corrected chi connectivity index (χ3v) is 5.59. The van der Waals surface area contributed by atoms with Gasteiger partial charge >= 0.3 is 5.97 Å². The molecule has 24 heavy (non-hydrogen) atoms. The Kier molecular flexibility index (Phi) is 4.66.